The molecule has 2 rings (SSSR count). The summed E-state index contributed by atoms with van der Waals surface area (Å²) in [5.74, 6) is 0. The first-order chi connectivity index (χ1) is 7.25. The second-order valence-corrected chi connectivity index (χ2v) is 4.10. The first-order valence-corrected chi connectivity index (χ1v) is 5.42. The molecule has 0 saturated heterocycles. The summed E-state index contributed by atoms with van der Waals surface area (Å²) >= 11 is 0. The van der Waals surface area contributed by atoms with Gasteiger partial charge in [0.05, 0.1) is 0 Å². The zero-order valence-corrected chi connectivity index (χ0v) is 9.40. The lowest BCUT2D eigenvalue weighted by Gasteiger charge is -2.02. The molecule has 1 aromatic carbocycles. The highest BCUT2D eigenvalue weighted by molar-refractivity contribution is 5.21. The van der Waals surface area contributed by atoms with Gasteiger partial charge in [0, 0.05) is 18.9 Å². The van der Waals surface area contributed by atoms with Gasteiger partial charge in [0.1, 0.15) is 0 Å². The van der Waals surface area contributed by atoms with Crippen LogP contribution in [0.1, 0.15) is 16.7 Å². The number of aryl methyl sites for hydroxylation is 4. The molecule has 1 heterocycles. The molecule has 0 atom stereocenters. The van der Waals surface area contributed by atoms with Gasteiger partial charge < -0.3 is 4.57 Å². The van der Waals surface area contributed by atoms with Crippen LogP contribution in [0.25, 0.3) is 0 Å². The lowest BCUT2D eigenvalue weighted by Crippen LogP contribution is -1.97. The van der Waals surface area contributed by atoms with Crippen LogP contribution < -0.4 is 0 Å². The molecule has 0 bridgehead atoms. The smallest absolute Gasteiger partial charge is 0.0260 e. The van der Waals surface area contributed by atoms with Crippen LogP contribution in [-0.4, -0.2) is 4.57 Å². The molecular formula is C14H17N. The normalized spacial score (nSPS) is 10.5. The Balaban J connectivity index is 1.99. The molecule has 78 valence electrons. The van der Waals surface area contributed by atoms with Crippen LogP contribution in [0.3, 0.4) is 0 Å². The van der Waals surface area contributed by atoms with Gasteiger partial charge in [0.15, 0.2) is 0 Å². The quantitative estimate of drug-likeness (QED) is 0.714. The first-order valence-electron chi connectivity index (χ1n) is 5.42. The number of hydrogen-bond acceptors (Lipinski definition) is 0. The lowest BCUT2D eigenvalue weighted by molar-refractivity contribution is 0.699. The Kier molecular flexibility index (Phi) is 2.91. The molecule has 0 saturated carbocycles. The Morgan fingerprint density at radius 3 is 2.13 bits per heavy atom. The van der Waals surface area contributed by atoms with Crippen molar-refractivity contribution in [2.24, 2.45) is 0 Å². The second kappa shape index (κ2) is 4.35. The van der Waals surface area contributed by atoms with E-state index in [9.17, 15) is 0 Å². The van der Waals surface area contributed by atoms with Crippen LogP contribution in [0.15, 0.2) is 42.7 Å². The van der Waals surface area contributed by atoms with Crippen LogP contribution in [-0.2, 0) is 13.0 Å². The fraction of sp³-hybridized carbons (Fsp3) is 0.286. The second-order valence-electron chi connectivity index (χ2n) is 4.10. The number of aromatic nitrogens is 1. The van der Waals surface area contributed by atoms with Gasteiger partial charge >= 0.3 is 0 Å². The highest BCUT2D eigenvalue weighted by Gasteiger charge is 1.98. The molecule has 0 N–H and O–H groups in total. The van der Waals surface area contributed by atoms with Gasteiger partial charge in [-0.05, 0) is 37.0 Å². The Morgan fingerprint density at radius 2 is 1.53 bits per heavy atom. The molecule has 0 aliphatic heterocycles. The summed E-state index contributed by atoms with van der Waals surface area (Å²) in [6.07, 6.45) is 5.55. The molecule has 0 fully saturated rings. The van der Waals surface area contributed by atoms with Crippen molar-refractivity contribution >= 4 is 0 Å². The number of rotatable bonds is 3. The van der Waals surface area contributed by atoms with Gasteiger partial charge in [0.2, 0.25) is 0 Å². The largest absolute Gasteiger partial charge is 0.353 e. The molecule has 0 amide bonds. The summed E-state index contributed by atoms with van der Waals surface area (Å²) in [6, 6.07) is 10.6. The number of benzene rings is 1. The molecule has 2 aromatic rings. The summed E-state index contributed by atoms with van der Waals surface area (Å²) in [5, 5.41) is 0. The maximum atomic E-state index is 2.28. The zero-order valence-electron chi connectivity index (χ0n) is 9.40. The standard InChI is InChI=1S/C14H17N/c1-12-10-15(11-13(12)2)9-8-14-6-4-3-5-7-14/h3-7,10-11H,8-9H2,1-2H3. The van der Waals surface area contributed by atoms with Crippen LogP contribution in [0.2, 0.25) is 0 Å². The maximum absolute atomic E-state index is 2.28. The molecule has 1 nitrogen and oxygen atoms in total. The van der Waals surface area contributed by atoms with E-state index in [-0.39, 0.29) is 0 Å². The van der Waals surface area contributed by atoms with Crippen molar-refractivity contribution in [2.45, 2.75) is 26.8 Å². The molecule has 0 spiro atoms. The third kappa shape index (κ3) is 2.50. The average Bonchev–Trinajstić information content (AvgIpc) is 2.57. The van der Waals surface area contributed by atoms with Crippen molar-refractivity contribution in [3.05, 3.63) is 59.4 Å². The molecule has 0 aliphatic rings. The van der Waals surface area contributed by atoms with Gasteiger partial charge in [-0.25, -0.2) is 0 Å². The molecule has 0 unspecified atom stereocenters. The van der Waals surface area contributed by atoms with Crippen molar-refractivity contribution in [1.29, 1.82) is 0 Å². The Bertz CT molecular complexity index is 406. The van der Waals surface area contributed by atoms with Gasteiger partial charge in [-0.15, -0.1) is 0 Å². The predicted octanol–water partition coefficient (Wildman–Crippen LogP) is 3.35. The SMILES string of the molecule is Cc1cn(CCc2ccccc2)cc1C. The first kappa shape index (κ1) is 10.0. The highest BCUT2D eigenvalue weighted by atomic mass is 14.9. The maximum Gasteiger partial charge on any atom is 0.0260 e. The van der Waals surface area contributed by atoms with Crippen molar-refractivity contribution < 1.29 is 0 Å². The molecular weight excluding hydrogens is 182 g/mol. The van der Waals surface area contributed by atoms with Crippen molar-refractivity contribution in [2.75, 3.05) is 0 Å². The molecule has 1 aromatic heterocycles. The van der Waals surface area contributed by atoms with E-state index in [0.717, 1.165) is 13.0 Å². The van der Waals surface area contributed by atoms with E-state index in [4.69, 9.17) is 0 Å². The highest BCUT2D eigenvalue weighted by Crippen LogP contribution is 2.09. The van der Waals surface area contributed by atoms with Gasteiger partial charge in [-0.2, -0.15) is 0 Å². The van der Waals surface area contributed by atoms with Crippen LogP contribution in [0.5, 0.6) is 0 Å². The van der Waals surface area contributed by atoms with E-state index >= 15 is 0 Å². The summed E-state index contributed by atoms with van der Waals surface area (Å²) < 4.78 is 2.28. The van der Waals surface area contributed by atoms with Crippen molar-refractivity contribution in [1.82, 2.24) is 4.57 Å². The zero-order chi connectivity index (χ0) is 10.7. The van der Waals surface area contributed by atoms with E-state index in [1.54, 1.807) is 0 Å². The fourth-order valence-corrected chi connectivity index (χ4v) is 1.77. The molecule has 1 heteroatoms. The summed E-state index contributed by atoms with van der Waals surface area (Å²) in [4.78, 5) is 0. The summed E-state index contributed by atoms with van der Waals surface area (Å²) in [5.41, 5.74) is 4.16. The van der Waals surface area contributed by atoms with Gasteiger partial charge in [-0.1, -0.05) is 30.3 Å². The van der Waals surface area contributed by atoms with E-state index < -0.39 is 0 Å². The Labute approximate surface area is 91.4 Å². The summed E-state index contributed by atoms with van der Waals surface area (Å²) in [6.45, 7) is 5.39. The van der Waals surface area contributed by atoms with Gasteiger partial charge in [-0.3, -0.25) is 0 Å². The van der Waals surface area contributed by atoms with Crippen LogP contribution in [0.4, 0.5) is 0 Å². The minimum Gasteiger partial charge on any atom is -0.353 e. The van der Waals surface area contributed by atoms with Crippen LogP contribution in [0, 0.1) is 13.8 Å². The van der Waals surface area contributed by atoms with Crippen LogP contribution >= 0.6 is 0 Å². The third-order valence-corrected chi connectivity index (χ3v) is 2.84. The predicted molar refractivity (Wildman–Crippen MR) is 64.1 cm³/mol. The summed E-state index contributed by atoms with van der Waals surface area (Å²) in [7, 11) is 0. The minimum atomic E-state index is 1.07. The van der Waals surface area contributed by atoms with E-state index in [1.807, 2.05) is 0 Å². The molecule has 0 aliphatic carbocycles. The van der Waals surface area contributed by atoms with Crippen molar-refractivity contribution in [3.8, 4) is 0 Å². The minimum absolute atomic E-state index is 1.07. The fourth-order valence-electron chi connectivity index (χ4n) is 1.77. The monoisotopic (exact) mass is 199 g/mol. The number of nitrogens with zero attached hydrogens (tertiary/aromatic N) is 1. The Morgan fingerprint density at radius 1 is 0.933 bits per heavy atom. The topological polar surface area (TPSA) is 4.93 Å². The third-order valence-electron chi connectivity index (χ3n) is 2.84. The van der Waals surface area contributed by atoms with Gasteiger partial charge in [0.25, 0.3) is 0 Å². The molecule has 0 radical (unpaired) electrons. The lowest BCUT2D eigenvalue weighted by atomic mass is 10.1. The van der Waals surface area contributed by atoms with E-state index in [1.165, 1.54) is 16.7 Å². The van der Waals surface area contributed by atoms with E-state index in [0.29, 0.717) is 0 Å². The Hall–Kier alpha value is -1.50. The van der Waals surface area contributed by atoms with Crippen molar-refractivity contribution in [3.63, 3.8) is 0 Å². The van der Waals surface area contributed by atoms with E-state index in [2.05, 4.69) is 61.1 Å². The molecule has 15 heavy (non-hydrogen) atoms. The average molecular weight is 199 g/mol. The number of hydrogen-bond donors (Lipinski definition) is 0.